The van der Waals surface area contributed by atoms with E-state index < -0.39 is 0 Å². The maximum Gasteiger partial charge on any atom is 0.0212 e. The van der Waals surface area contributed by atoms with Gasteiger partial charge in [-0.25, -0.2) is 0 Å². The molecule has 3 unspecified atom stereocenters. The highest BCUT2D eigenvalue weighted by atomic mass is 32.1. The smallest absolute Gasteiger partial charge is 0.0212 e. The molecule has 1 aliphatic carbocycles. The minimum absolute atomic E-state index is 0.633. The molecule has 0 amide bonds. The molecule has 11 heavy (non-hydrogen) atoms. The van der Waals surface area contributed by atoms with Crippen LogP contribution >= 0.6 is 12.6 Å². The van der Waals surface area contributed by atoms with Crippen molar-refractivity contribution >= 4 is 12.6 Å². The number of nitrogens with one attached hydrogen (secondary N) is 1. The van der Waals surface area contributed by atoms with Crippen molar-refractivity contribution < 1.29 is 0 Å². The molecule has 0 aromatic rings. The Morgan fingerprint density at radius 3 is 2.73 bits per heavy atom. The van der Waals surface area contributed by atoms with Crippen LogP contribution in [0.15, 0.2) is 0 Å². The number of thiol groups is 1. The minimum Gasteiger partial charge on any atom is -0.313 e. The summed E-state index contributed by atoms with van der Waals surface area (Å²) in [6.07, 6.45) is 6.97. The van der Waals surface area contributed by atoms with Gasteiger partial charge in [0.15, 0.2) is 0 Å². The second kappa shape index (κ2) is 3.36. The first kappa shape index (κ1) is 7.93. The number of hydrogen-bond acceptors (Lipinski definition) is 2. The van der Waals surface area contributed by atoms with Gasteiger partial charge in [0.1, 0.15) is 0 Å². The van der Waals surface area contributed by atoms with Gasteiger partial charge in [0.25, 0.3) is 0 Å². The van der Waals surface area contributed by atoms with E-state index in [0.717, 1.165) is 12.0 Å². The highest BCUT2D eigenvalue weighted by molar-refractivity contribution is 7.81. The molecule has 1 saturated heterocycles. The minimum atomic E-state index is 0.633. The molecule has 1 heterocycles. The molecule has 1 N–H and O–H groups in total. The van der Waals surface area contributed by atoms with Crippen LogP contribution in [-0.2, 0) is 0 Å². The van der Waals surface area contributed by atoms with Gasteiger partial charge in [-0.2, -0.15) is 12.6 Å². The quantitative estimate of drug-likeness (QED) is 0.530. The zero-order valence-corrected chi connectivity index (χ0v) is 7.82. The van der Waals surface area contributed by atoms with E-state index >= 15 is 0 Å². The first-order chi connectivity index (χ1) is 5.38. The fraction of sp³-hybridized carbons (Fsp3) is 1.00. The summed E-state index contributed by atoms with van der Waals surface area (Å²) in [5.41, 5.74) is 0. The standard InChI is InChI=1S/C9H17NS/c11-8-5-1-3-7-4-2-6-10-9(7)8/h7-11H,1-6H2. The fourth-order valence-corrected chi connectivity index (χ4v) is 3.05. The summed E-state index contributed by atoms with van der Waals surface area (Å²) in [6.45, 7) is 1.22. The summed E-state index contributed by atoms with van der Waals surface area (Å²) >= 11 is 4.62. The number of rotatable bonds is 0. The van der Waals surface area contributed by atoms with Crippen molar-refractivity contribution in [1.29, 1.82) is 0 Å². The summed E-state index contributed by atoms with van der Waals surface area (Å²) in [5, 5.41) is 4.23. The molecule has 1 nitrogen and oxygen atoms in total. The third-order valence-corrected chi connectivity index (χ3v) is 3.71. The first-order valence-electron chi connectivity index (χ1n) is 4.79. The molecule has 0 spiro atoms. The predicted molar refractivity (Wildman–Crippen MR) is 51.1 cm³/mol. The van der Waals surface area contributed by atoms with E-state index in [2.05, 4.69) is 17.9 Å². The topological polar surface area (TPSA) is 12.0 Å². The number of hydrogen-bond donors (Lipinski definition) is 2. The van der Waals surface area contributed by atoms with Gasteiger partial charge in [-0.3, -0.25) is 0 Å². The lowest BCUT2D eigenvalue weighted by atomic mass is 9.79. The third kappa shape index (κ3) is 1.57. The predicted octanol–water partition coefficient (Wildman–Crippen LogP) is 1.84. The lowest BCUT2D eigenvalue weighted by Gasteiger charge is -2.40. The van der Waals surface area contributed by atoms with Crippen molar-refractivity contribution in [3.8, 4) is 0 Å². The molecule has 3 atom stereocenters. The fourth-order valence-electron chi connectivity index (χ4n) is 2.52. The van der Waals surface area contributed by atoms with Crippen molar-refractivity contribution in [3.63, 3.8) is 0 Å². The molecule has 0 aromatic carbocycles. The Morgan fingerprint density at radius 1 is 1.09 bits per heavy atom. The van der Waals surface area contributed by atoms with Crippen molar-refractivity contribution in [2.75, 3.05) is 6.54 Å². The Morgan fingerprint density at radius 2 is 1.91 bits per heavy atom. The van der Waals surface area contributed by atoms with E-state index in [1.807, 2.05) is 0 Å². The molecule has 2 aliphatic rings. The Balaban J connectivity index is 1.99. The van der Waals surface area contributed by atoms with Crippen LogP contribution in [0.1, 0.15) is 32.1 Å². The molecule has 2 fully saturated rings. The van der Waals surface area contributed by atoms with E-state index in [-0.39, 0.29) is 0 Å². The lowest BCUT2D eigenvalue weighted by Crippen LogP contribution is -2.49. The third-order valence-electron chi connectivity index (χ3n) is 3.13. The molecule has 0 radical (unpaired) electrons. The van der Waals surface area contributed by atoms with E-state index in [0.29, 0.717) is 5.25 Å². The zero-order chi connectivity index (χ0) is 7.68. The van der Waals surface area contributed by atoms with Gasteiger partial charge in [0.05, 0.1) is 0 Å². The molecule has 2 rings (SSSR count). The molecule has 0 bridgehead atoms. The molecule has 64 valence electrons. The van der Waals surface area contributed by atoms with Gasteiger partial charge in [0, 0.05) is 11.3 Å². The molecule has 1 aliphatic heterocycles. The SMILES string of the molecule is SC1CCCC2CCCNC12. The maximum atomic E-state index is 4.62. The molecule has 1 saturated carbocycles. The first-order valence-corrected chi connectivity index (χ1v) is 5.31. The van der Waals surface area contributed by atoms with Crippen LogP contribution in [0.4, 0.5) is 0 Å². The Hall–Kier alpha value is 0.310. The maximum absolute atomic E-state index is 4.62. The summed E-state index contributed by atoms with van der Waals surface area (Å²) in [7, 11) is 0. The van der Waals surface area contributed by atoms with E-state index in [4.69, 9.17) is 0 Å². The average molecular weight is 171 g/mol. The molecule has 2 heteroatoms. The van der Waals surface area contributed by atoms with Crippen molar-refractivity contribution in [2.45, 2.75) is 43.4 Å². The molecular formula is C9H17NS. The van der Waals surface area contributed by atoms with E-state index in [1.165, 1.54) is 38.6 Å². The zero-order valence-electron chi connectivity index (χ0n) is 6.92. The monoisotopic (exact) mass is 171 g/mol. The second-order valence-electron chi connectivity index (χ2n) is 3.88. The van der Waals surface area contributed by atoms with Crippen LogP contribution < -0.4 is 5.32 Å². The van der Waals surface area contributed by atoms with Gasteiger partial charge in [-0.1, -0.05) is 6.42 Å². The molecule has 0 aromatic heterocycles. The summed E-state index contributed by atoms with van der Waals surface area (Å²) in [6, 6.07) is 0.737. The second-order valence-corrected chi connectivity index (χ2v) is 4.54. The van der Waals surface area contributed by atoms with Gasteiger partial charge in [-0.15, -0.1) is 0 Å². The highest BCUT2D eigenvalue weighted by Gasteiger charge is 2.32. The Labute approximate surface area is 74.4 Å². The molecular weight excluding hydrogens is 154 g/mol. The van der Waals surface area contributed by atoms with Crippen LogP contribution in [0.2, 0.25) is 0 Å². The van der Waals surface area contributed by atoms with E-state index in [9.17, 15) is 0 Å². The van der Waals surface area contributed by atoms with Crippen LogP contribution in [0.3, 0.4) is 0 Å². The van der Waals surface area contributed by atoms with Crippen molar-refractivity contribution in [2.24, 2.45) is 5.92 Å². The van der Waals surface area contributed by atoms with Crippen molar-refractivity contribution in [3.05, 3.63) is 0 Å². The number of fused-ring (bicyclic) bond motifs is 1. The van der Waals surface area contributed by atoms with E-state index in [1.54, 1.807) is 0 Å². The van der Waals surface area contributed by atoms with Gasteiger partial charge >= 0.3 is 0 Å². The summed E-state index contributed by atoms with van der Waals surface area (Å²) in [5.74, 6) is 0.944. The van der Waals surface area contributed by atoms with Crippen LogP contribution in [-0.4, -0.2) is 17.8 Å². The van der Waals surface area contributed by atoms with Gasteiger partial charge < -0.3 is 5.32 Å². The Kier molecular flexibility index (Phi) is 2.42. The van der Waals surface area contributed by atoms with Crippen LogP contribution in [0.25, 0.3) is 0 Å². The largest absolute Gasteiger partial charge is 0.313 e. The van der Waals surface area contributed by atoms with Gasteiger partial charge in [0.2, 0.25) is 0 Å². The highest BCUT2D eigenvalue weighted by Crippen LogP contribution is 2.32. The van der Waals surface area contributed by atoms with Crippen LogP contribution in [0.5, 0.6) is 0 Å². The van der Waals surface area contributed by atoms with Crippen molar-refractivity contribution in [1.82, 2.24) is 5.32 Å². The van der Waals surface area contributed by atoms with Gasteiger partial charge in [-0.05, 0) is 38.1 Å². The normalized spacial score (nSPS) is 45.0. The summed E-state index contributed by atoms with van der Waals surface area (Å²) in [4.78, 5) is 0. The summed E-state index contributed by atoms with van der Waals surface area (Å²) < 4.78 is 0. The average Bonchev–Trinajstić information content (AvgIpc) is 2.06. The number of piperidine rings is 1. The van der Waals surface area contributed by atoms with Crippen LogP contribution in [0, 0.1) is 5.92 Å². The lowest BCUT2D eigenvalue weighted by molar-refractivity contribution is 0.219. The Bertz CT molecular complexity index is 136.